The third kappa shape index (κ3) is 4.65. The Morgan fingerprint density at radius 1 is 0.905 bits per heavy atom. The van der Waals surface area contributed by atoms with Crippen molar-refractivity contribution in [3.05, 3.63) is 65.7 Å². The Hall–Kier alpha value is -2.82. The van der Waals surface area contributed by atoms with Crippen molar-refractivity contribution in [3.8, 4) is 5.75 Å². The largest absolute Gasteiger partial charge is 0.508 e. The number of rotatable bonds is 4. The summed E-state index contributed by atoms with van der Waals surface area (Å²) in [7, 11) is 0. The van der Waals surface area contributed by atoms with Crippen LogP contribution in [0.4, 0.5) is 0 Å². The van der Waals surface area contributed by atoms with Crippen molar-refractivity contribution in [3.63, 3.8) is 0 Å². The van der Waals surface area contributed by atoms with Gasteiger partial charge in [-0.1, -0.05) is 30.3 Å². The molecule has 2 aromatic rings. The van der Waals surface area contributed by atoms with Gasteiger partial charge in [0.05, 0.1) is 0 Å². The van der Waals surface area contributed by atoms with Crippen LogP contribution in [0.3, 0.4) is 0 Å². The maximum Gasteiger partial charge on any atom is 0.269 e. The van der Waals surface area contributed by atoms with Crippen molar-refractivity contribution >= 4 is 11.8 Å². The molecular weight excluding hydrogens is 268 g/mol. The van der Waals surface area contributed by atoms with E-state index < -0.39 is 5.91 Å². The molecular formula is C16H16N2O3. The maximum atomic E-state index is 11.7. The number of hydrogen-bond donors (Lipinski definition) is 3. The highest BCUT2D eigenvalue weighted by Crippen LogP contribution is 2.09. The SMILES string of the molecule is O=C(CCc1ccccc1)NNC(=O)c1ccc(O)cc1. The highest BCUT2D eigenvalue weighted by atomic mass is 16.3. The Labute approximate surface area is 122 Å². The van der Waals surface area contributed by atoms with Gasteiger partial charge in [0.15, 0.2) is 0 Å². The molecule has 0 aliphatic carbocycles. The van der Waals surface area contributed by atoms with E-state index in [0.29, 0.717) is 18.4 Å². The monoisotopic (exact) mass is 284 g/mol. The lowest BCUT2D eigenvalue weighted by Gasteiger charge is -2.07. The summed E-state index contributed by atoms with van der Waals surface area (Å²) in [6.07, 6.45) is 0.904. The second kappa shape index (κ2) is 7.09. The summed E-state index contributed by atoms with van der Waals surface area (Å²) in [6.45, 7) is 0. The van der Waals surface area contributed by atoms with Crippen LogP contribution in [0.5, 0.6) is 5.75 Å². The molecule has 5 heteroatoms. The van der Waals surface area contributed by atoms with E-state index in [1.165, 1.54) is 24.3 Å². The quantitative estimate of drug-likeness (QED) is 0.749. The fourth-order valence-electron chi connectivity index (χ4n) is 1.78. The van der Waals surface area contributed by atoms with Gasteiger partial charge in [0.25, 0.3) is 5.91 Å². The van der Waals surface area contributed by atoms with Crippen LogP contribution in [0.2, 0.25) is 0 Å². The van der Waals surface area contributed by atoms with Crippen molar-refractivity contribution < 1.29 is 14.7 Å². The summed E-state index contributed by atoms with van der Waals surface area (Å²) in [5.41, 5.74) is 6.12. The van der Waals surface area contributed by atoms with Gasteiger partial charge in [-0.05, 0) is 36.2 Å². The number of benzene rings is 2. The minimum atomic E-state index is -0.428. The number of aromatic hydroxyl groups is 1. The first kappa shape index (κ1) is 14.6. The molecule has 5 nitrogen and oxygen atoms in total. The molecule has 0 saturated heterocycles. The van der Waals surface area contributed by atoms with Gasteiger partial charge in [0.1, 0.15) is 5.75 Å². The van der Waals surface area contributed by atoms with Crippen LogP contribution in [0.1, 0.15) is 22.3 Å². The van der Waals surface area contributed by atoms with E-state index in [4.69, 9.17) is 5.11 Å². The number of amides is 2. The molecule has 0 spiro atoms. The normalized spacial score (nSPS) is 9.90. The lowest BCUT2D eigenvalue weighted by Crippen LogP contribution is -2.41. The Bertz CT molecular complexity index is 609. The third-order valence-electron chi connectivity index (χ3n) is 2.93. The van der Waals surface area contributed by atoms with Gasteiger partial charge >= 0.3 is 0 Å². The number of hydrogen-bond acceptors (Lipinski definition) is 3. The lowest BCUT2D eigenvalue weighted by atomic mass is 10.1. The third-order valence-corrected chi connectivity index (χ3v) is 2.93. The van der Waals surface area contributed by atoms with Gasteiger partial charge in [-0.2, -0.15) is 0 Å². The first-order chi connectivity index (χ1) is 10.1. The highest BCUT2D eigenvalue weighted by molar-refractivity contribution is 5.95. The number of carbonyl (C=O) groups excluding carboxylic acids is 2. The van der Waals surface area contributed by atoms with Crippen LogP contribution < -0.4 is 10.9 Å². The van der Waals surface area contributed by atoms with Gasteiger partial charge in [-0.15, -0.1) is 0 Å². The molecule has 0 atom stereocenters. The zero-order valence-corrected chi connectivity index (χ0v) is 11.4. The van der Waals surface area contributed by atoms with Gasteiger partial charge in [0.2, 0.25) is 5.91 Å². The van der Waals surface area contributed by atoms with Crippen molar-refractivity contribution in [2.45, 2.75) is 12.8 Å². The first-order valence-electron chi connectivity index (χ1n) is 6.57. The van der Waals surface area contributed by atoms with E-state index in [-0.39, 0.29) is 11.7 Å². The molecule has 21 heavy (non-hydrogen) atoms. The fourth-order valence-corrected chi connectivity index (χ4v) is 1.78. The summed E-state index contributed by atoms with van der Waals surface area (Å²) in [5, 5.41) is 9.13. The van der Waals surface area contributed by atoms with E-state index in [0.717, 1.165) is 5.56 Å². The molecule has 0 bridgehead atoms. The molecule has 0 aliphatic rings. The van der Waals surface area contributed by atoms with Crippen LogP contribution in [0, 0.1) is 0 Å². The summed E-state index contributed by atoms with van der Waals surface area (Å²) < 4.78 is 0. The number of aryl methyl sites for hydroxylation is 1. The second-order valence-electron chi connectivity index (χ2n) is 4.53. The average Bonchev–Trinajstić information content (AvgIpc) is 2.52. The predicted octanol–water partition coefficient (Wildman–Crippen LogP) is 1.79. The molecule has 0 aliphatic heterocycles. The Morgan fingerprint density at radius 3 is 2.24 bits per heavy atom. The summed E-state index contributed by atoms with van der Waals surface area (Å²) >= 11 is 0. The molecule has 2 aromatic carbocycles. The predicted molar refractivity (Wildman–Crippen MR) is 78.5 cm³/mol. The van der Waals surface area contributed by atoms with E-state index in [1.54, 1.807) is 0 Å². The van der Waals surface area contributed by atoms with Crippen molar-refractivity contribution in [1.82, 2.24) is 10.9 Å². The first-order valence-corrected chi connectivity index (χ1v) is 6.57. The van der Waals surface area contributed by atoms with E-state index in [1.807, 2.05) is 30.3 Å². The zero-order valence-electron chi connectivity index (χ0n) is 11.4. The Morgan fingerprint density at radius 2 is 1.57 bits per heavy atom. The van der Waals surface area contributed by atoms with E-state index in [9.17, 15) is 9.59 Å². The molecule has 0 unspecified atom stereocenters. The number of carbonyl (C=O) groups is 2. The van der Waals surface area contributed by atoms with Gasteiger partial charge in [-0.25, -0.2) is 0 Å². The fraction of sp³-hybridized carbons (Fsp3) is 0.125. The summed E-state index contributed by atoms with van der Waals surface area (Å²) in [4.78, 5) is 23.4. The molecule has 0 heterocycles. The molecule has 108 valence electrons. The van der Waals surface area contributed by atoms with Gasteiger partial charge in [-0.3, -0.25) is 20.4 Å². The standard InChI is InChI=1S/C16H16N2O3/c19-14-9-7-13(8-10-14)16(21)18-17-15(20)11-6-12-4-2-1-3-5-12/h1-5,7-10,19H,6,11H2,(H,17,20)(H,18,21). The highest BCUT2D eigenvalue weighted by Gasteiger charge is 2.07. The Balaban J connectivity index is 1.76. The van der Waals surface area contributed by atoms with Crippen molar-refractivity contribution in [2.75, 3.05) is 0 Å². The van der Waals surface area contributed by atoms with Crippen LogP contribution >= 0.6 is 0 Å². The maximum absolute atomic E-state index is 11.7. The molecule has 0 saturated carbocycles. The zero-order chi connectivity index (χ0) is 15.1. The minimum Gasteiger partial charge on any atom is -0.508 e. The average molecular weight is 284 g/mol. The number of hydrazine groups is 1. The molecule has 0 radical (unpaired) electrons. The van der Waals surface area contributed by atoms with Crippen LogP contribution in [0.25, 0.3) is 0 Å². The number of nitrogens with one attached hydrogen (secondary N) is 2. The number of phenols is 1. The van der Waals surface area contributed by atoms with Crippen molar-refractivity contribution in [1.29, 1.82) is 0 Å². The topological polar surface area (TPSA) is 78.4 Å². The second-order valence-corrected chi connectivity index (χ2v) is 4.53. The summed E-state index contributed by atoms with van der Waals surface area (Å²) in [6, 6.07) is 15.4. The Kier molecular flexibility index (Phi) is 4.93. The van der Waals surface area contributed by atoms with E-state index >= 15 is 0 Å². The van der Waals surface area contributed by atoms with E-state index in [2.05, 4.69) is 10.9 Å². The molecule has 2 amide bonds. The van der Waals surface area contributed by atoms with Crippen LogP contribution in [-0.2, 0) is 11.2 Å². The van der Waals surface area contributed by atoms with Crippen molar-refractivity contribution in [2.24, 2.45) is 0 Å². The molecule has 3 N–H and O–H groups in total. The van der Waals surface area contributed by atoms with Gasteiger partial charge < -0.3 is 5.11 Å². The van der Waals surface area contributed by atoms with Gasteiger partial charge in [0, 0.05) is 12.0 Å². The summed E-state index contributed by atoms with van der Waals surface area (Å²) in [5.74, 6) is -0.604. The lowest BCUT2D eigenvalue weighted by molar-refractivity contribution is -0.121. The van der Waals surface area contributed by atoms with Crippen LogP contribution in [0.15, 0.2) is 54.6 Å². The molecule has 0 fully saturated rings. The molecule has 0 aromatic heterocycles. The minimum absolute atomic E-state index is 0.0819. The smallest absolute Gasteiger partial charge is 0.269 e. The molecule has 2 rings (SSSR count). The van der Waals surface area contributed by atoms with Crippen LogP contribution in [-0.4, -0.2) is 16.9 Å². The number of phenolic OH excluding ortho intramolecular Hbond substituents is 1.